The third kappa shape index (κ3) is 2.38. The molecule has 0 bridgehead atoms. The number of aromatic nitrogens is 2. The summed E-state index contributed by atoms with van der Waals surface area (Å²) in [4.78, 5) is 12.0. The molecule has 116 valence electrons. The Kier molecular flexibility index (Phi) is 3.27. The molecule has 0 aliphatic carbocycles. The van der Waals surface area contributed by atoms with Crippen LogP contribution in [0.25, 0.3) is 0 Å². The summed E-state index contributed by atoms with van der Waals surface area (Å²) in [5.41, 5.74) is 0.746. The van der Waals surface area contributed by atoms with Crippen LogP contribution < -0.4 is 5.32 Å². The molecule has 4 nitrogen and oxygen atoms in total. The van der Waals surface area contributed by atoms with Gasteiger partial charge in [0.05, 0.1) is 11.7 Å². The van der Waals surface area contributed by atoms with Crippen LogP contribution in [-0.4, -0.2) is 15.7 Å². The van der Waals surface area contributed by atoms with E-state index in [4.69, 9.17) is 0 Å². The summed E-state index contributed by atoms with van der Waals surface area (Å²) in [7, 11) is 0. The van der Waals surface area contributed by atoms with Crippen LogP contribution in [0.4, 0.5) is 14.6 Å². The third-order valence-corrected chi connectivity index (χ3v) is 3.79. The minimum atomic E-state index is -0.644. The van der Waals surface area contributed by atoms with Gasteiger partial charge in [-0.15, -0.1) is 0 Å². The van der Waals surface area contributed by atoms with Gasteiger partial charge in [-0.1, -0.05) is 6.07 Å². The minimum Gasteiger partial charge on any atom is -0.311 e. The van der Waals surface area contributed by atoms with E-state index in [-0.39, 0.29) is 17.9 Å². The number of benzene rings is 1. The molecule has 0 saturated heterocycles. The molecule has 1 aliphatic heterocycles. The Morgan fingerprint density at radius 1 is 1.27 bits per heavy atom. The number of nitrogens with zero attached hydrogens (tertiary/aromatic N) is 2. The molecule has 3 rings (SSSR count). The largest absolute Gasteiger partial charge is 0.311 e. The summed E-state index contributed by atoms with van der Waals surface area (Å²) in [5.74, 6) is -1.36. The average molecular weight is 305 g/mol. The number of anilines is 1. The second kappa shape index (κ2) is 4.90. The first kappa shape index (κ1) is 14.7. The van der Waals surface area contributed by atoms with Gasteiger partial charge < -0.3 is 5.32 Å². The zero-order valence-electron chi connectivity index (χ0n) is 12.7. The van der Waals surface area contributed by atoms with Gasteiger partial charge in [0.15, 0.2) is 0 Å². The van der Waals surface area contributed by atoms with Crippen LogP contribution in [-0.2, 0) is 10.3 Å². The molecular formula is C16H17F2N3O. The molecule has 0 radical (unpaired) electrons. The van der Waals surface area contributed by atoms with Crippen LogP contribution in [0.2, 0.25) is 0 Å². The van der Waals surface area contributed by atoms with Gasteiger partial charge in [-0.2, -0.15) is 5.10 Å². The van der Waals surface area contributed by atoms with Gasteiger partial charge >= 0.3 is 0 Å². The highest BCUT2D eigenvalue weighted by atomic mass is 19.1. The predicted molar refractivity (Wildman–Crippen MR) is 78.7 cm³/mol. The van der Waals surface area contributed by atoms with Gasteiger partial charge in [-0.05, 0) is 32.4 Å². The average Bonchev–Trinajstić information content (AvgIpc) is 2.81. The maximum Gasteiger partial charge on any atom is 0.226 e. The highest BCUT2D eigenvalue weighted by Crippen LogP contribution is 2.39. The Labute approximate surface area is 127 Å². The van der Waals surface area contributed by atoms with Crippen LogP contribution in [0.3, 0.4) is 0 Å². The Balaban J connectivity index is 2.13. The van der Waals surface area contributed by atoms with Crippen LogP contribution >= 0.6 is 0 Å². The molecule has 1 atom stereocenters. The number of rotatable bonds is 1. The molecule has 1 aromatic heterocycles. The lowest BCUT2D eigenvalue weighted by molar-refractivity contribution is -0.116. The van der Waals surface area contributed by atoms with E-state index >= 15 is 0 Å². The lowest BCUT2D eigenvalue weighted by atomic mass is 9.87. The fourth-order valence-electron chi connectivity index (χ4n) is 2.79. The molecule has 0 saturated carbocycles. The molecule has 0 fully saturated rings. The van der Waals surface area contributed by atoms with E-state index < -0.39 is 17.6 Å². The van der Waals surface area contributed by atoms with Gasteiger partial charge in [0.2, 0.25) is 5.91 Å². The van der Waals surface area contributed by atoms with E-state index in [0.717, 1.165) is 11.6 Å². The SMILES string of the molecule is CC(C)(C)n1ncc2c1NC(=O)CC2c1ccc(F)cc1F. The molecule has 2 aromatic rings. The number of nitrogens with one attached hydrogen (secondary N) is 1. The van der Waals surface area contributed by atoms with Gasteiger partial charge in [-0.25, -0.2) is 13.5 Å². The quantitative estimate of drug-likeness (QED) is 0.878. The zero-order chi connectivity index (χ0) is 16.1. The molecule has 1 aliphatic rings. The lowest BCUT2D eigenvalue weighted by Gasteiger charge is -2.28. The highest BCUT2D eigenvalue weighted by molar-refractivity contribution is 5.94. The van der Waals surface area contributed by atoms with Crippen molar-refractivity contribution in [1.29, 1.82) is 0 Å². The summed E-state index contributed by atoms with van der Waals surface area (Å²) < 4.78 is 28.9. The predicted octanol–water partition coefficient (Wildman–Crippen LogP) is 3.39. The van der Waals surface area contributed by atoms with Crippen molar-refractivity contribution in [3.63, 3.8) is 0 Å². The first-order valence-corrected chi connectivity index (χ1v) is 7.10. The van der Waals surface area contributed by atoms with Crippen LogP contribution in [0.5, 0.6) is 0 Å². The molecule has 22 heavy (non-hydrogen) atoms. The van der Waals surface area contributed by atoms with Gasteiger partial charge in [0.1, 0.15) is 17.5 Å². The third-order valence-electron chi connectivity index (χ3n) is 3.79. The van der Waals surface area contributed by atoms with E-state index in [9.17, 15) is 13.6 Å². The molecule has 1 N–H and O–H groups in total. The summed E-state index contributed by atoms with van der Waals surface area (Å²) in [6, 6.07) is 3.45. The van der Waals surface area contributed by atoms with Crippen LogP contribution in [0.1, 0.15) is 44.2 Å². The van der Waals surface area contributed by atoms with Gasteiger partial charge in [0.25, 0.3) is 0 Å². The molecule has 0 spiro atoms. The van der Waals surface area contributed by atoms with Crippen molar-refractivity contribution in [3.8, 4) is 0 Å². The molecule has 1 unspecified atom stereocenters. The fraction of sp³-hybridized carbons (Fsp3) is 0.375. The molecular weight excluding hydrogens is 288 g/mol. The number of halogens is 2. The Morgan fingerprint density at radius 3 is 2.64 bits per heavy atom. The standard InChI is InChI=1S/C16H17F2N3O/c1-16(2,3)21-15-12(8-19-21)11(7-14(22)20-15)10-5-4-9(17)6-13(10)18/h4-6,8,11H,7H2,1-3H3,(H,20,22). The van der Waals surface area contributed by atoms with Crippen molar-refractivity contribution < 1.29 is 13.6 Å². The summed E-state index contributed by atoms with van der Waals surface area (Å²) >= 11 is 0. The smallest absolute Gasteiger partial charge is 0.226 e. The fourth-order valence-corrected chi connectivity index (χ4v) is 2.79. The van der Waals surface area contributed by atoms with Crippen molar-refractivity contribution >= 4 is 11.7 Å². The second-order valence-corrected chi connectivity index (χ2v) is 6.50. The molecule has 2 heterocycles. The maximum atomic E-state index is 14.1. The zero-order valence-corrected chi connectivity index (χ0v) is 12.7. The highest BCUT2D eigenvalue weighted by Gasteiger charge is 2.33. The van der Waals surface area contributed by atoms with Crippen LogP contribution in [0.15, 0.2) is 24.4 Å². The number of carbonyl (C=O) groups excluding carboxylic acids is 1. The number of hydrogen-bond donors (Lipinski definition) is 1. The number of amides is 1. The topological polar surface area (TPSA) is 46.9 Å². The van der Waals surface area contributed by atoms with Crippen LogP contribution in [0, 0.1) is 11.6 Å². The monoisotopic (exact) mass is 305 g/mol. The van der Waals surface area contributed by atoms with Crippen molar-refractivity contribution in [3.05, 3.63) is 47.2 Å². The van der Waals surface area contributed by atoms with Crippen molar-refractivity contribution in [2.45, 2.75) is 38.6 Å². The van der Waals surface area contributed by atoms with E-state index in [2.05, 4.69) is 10.4 Å². The van der Waals surface area contributed by atoms with E-state index in [1.54, 1.807) is 10.9 Å². The number of hydrogen-bond acceptors (Lipinski definition) is 2. The summed E-state index contributed by atoms with van der Waals surface area (Å²) in [6.45, 7) is 5.90. The number of carbonyl (C=O) groups is 1. The van der Waals surface area contributed by atoms with Crippen molar-refractivity contribution in [2.24, 2.45) is 0 Å². The Bertz CT molecular complexity index is 746. The minimum absolute atomic E-state index is 0.116. The van der Waals surface area contributed by atoms with Gasteiger partial charge in [0, 0.05) is 24.0 Å². The molecule has 1 amide bonds. The van der Waals surface area contributed by atoms with E-state index in [1.165, 1.54) is 12.1 Å². The first-order chi connectivity index (χ1) is 10.3. The Hall–Kier alpha value is -2.24. The first-order valence-electron chi connectivity index (χ1n) is 7.10. The summed E-state index contributed by atoms with van der Waals surface area (Å²) in [6.07, 6.45) is 1.76. The molecule has 1 aromatic carbocycles. The lowest BCUT2D eigenvalue weighted by Crippen LogP contribution is -2.30. The van der Waals surface area contributed by atoms with Gasteiger partial charge in [-0.3, -0.25) is 4.79 Å². The summed E-state index contributed by atoms with van der Waals surface area (Å²) in [5, 5.41) is 7.14. The normalized spacial score (nSPS) is 18.0. The van der Waals surface area contributed by atoms with E-state index in [0.29, 0.717) is 11.4 Å². The van der Waals surface area contributed by atoms with Crippen molar-refractivity contribution in [1.82, 2.24) is 9.78 Å². The Morgan fingerprint density at radius 2 is 2.00 bits per heavy atom. The maximum absolute atomic E-state index is 14.1. The second-order valence-electron chi connectivity index (χ2n) is 6.50. The molecule has 6 heteroatoms. The van der Waals surface area contributed by atoms with Crippen molar-refractivity contribution in [2.75, 3.05) is 5.32 Å². The number of fused-ring (bicyclic) bond motifs is 1. The van der Waals surface area contributed by atoms with E-state index in [1.807, 2.05) is 20.8 Å².